The van der Waals surface area contributed by atoms with Gasteiger partial charge in [-0.3, -0.25) is 9.59 Å². The van der Waals surface area contributed by atoms with E-state index in [1.54, 1.807) is 24.3 Å². The molecule has 0 unspecified atom stereocenters. The maximum absolute atomic E-state index is 13.9. The molecule has 1 fully saturated rings. The van der Waals surface area contributed by atoms with Gasteiger partial charge in [-0.2, -0.15) is 0 Å². The van der Waals surface area contributed by atoms with Gasteiger partial charge in [0.05, 0.1) is 17.7 Å². The molecule has 5 nitrogen and oxygen atoms in total. The monoisotopic (exact) mass is 658 g/mol. The Kier molecular flexibility index (Phi) is 9.75. The van der Waals surface area contributed by atoms with Crippen LogP contribution in [0.5, 0.6) is 17.2 Å². The summed E-state index contributed by atoms with van der Waals surface area (Å²) in [6.45, 7) is 13.4. The van der Waals surface area contributed by atoms with E-state index in [0.29, 0.717) is 23.7 Å². The molecule has 4 aromatic carbocycles. The third kappa shape index (κ3) is 6.77. The Balaban J connectivity index is 1.22. The molecule has 1 saturated carbocycles. The molecule has 2 N–H and O–H groups in total. The first-order valence-corrected chi connectivity index (χ1v) is 18.1. The Labute approximate surface area is 291 Å². The summed E-state index contributed by atoms with van der Waals surface area (Å²) in [4.78, 5) is 27.7. The van der Waals surface area contributed by atoms with Crippen LogP contribution in [-0.4, -0.2) is 28.4 Å². The summed E-state index contributed by atoms with van der Waals surface area (Å²) >= 11 is 0. The molecule has 0 amide bonds. The van der Waals surface area contributed by atoms with Gasteiger partial charge >= 0.3 is 0 Å². The molecule has 0 radical (unpaired) electrons. The molecule has 0 bridgehead atoms. The molecule has 2 aliphatic carbocycles. The zero-order valence-corrected chi connectivity index (χ0v) is 29.9. The highest BCUT2D eigenvalue weighted by Crippen LogP contribution is 2.45. The number of aryl methyl sites for hydroxylation is 2. The molecule has 0 spiro atoms. The van der Waals surface area contributed by atoms with Gasteiger partial charge in [0.15, 0.2) is 11.6 Å². The molecule has 0 saturated heterocycles. The molecular weight excluding hydrogens is 608 g/mol. The number of hydrogen-bond donors (Lipinski definition) is 2. The topological polar surface area (TPSA) is 83.8 Å². The second-order valence-electron chi connectivity index (χ2n) is 15.4. The summed E-state index contributed by atoms with van der Waals surface area (Å²) in [6.07, 6.45) is 10.4. The van der Waals surface area contributed by atoms with Crippen molar-refractivity contribution >= 4 is 11.6 Å². The Morgan fingerprint density at radius 1 is 0.673 bits per heavy atom. The largest absolute Gasteiger partial charge is 0.507 e. The van der Waals surface area contributed by atoms with E-state index in [9.17, 15) is 19.8 Å². The lowest BCUT2D eigenvalue weighted by Crippen LogP contribution is -2.21. The van der Waals surface area contributed by atoms with Crippen molar-refractivity contribution in [3.05, 3.63) is 99.6 Å². The first-order chi connectivity index (χ1) is 23.4. The first-order valence-electron chi connectivity index (χ1n) is 18.1. The fourth-order valence-corrected chi connectivity index (χ4v) is 7.81. The van der Waals surface area contributed by atoms with Crippen molar-refractivity contribution in [3.8, 4) is 39.5 Å². The minimum Gasteiger partial charge on any atom is -0.507 e. The van der Waals surface area contributed by atoms with Gasteiger partial charge in [0.25, 0.3) is 0 Å². The summed E-state index contributed by atoms with van der Waals surface area (Å²) < 4.78 is 6.41. The SMILES string of the molecule is CCCCCC1CCC(COc2c(C)cc(-c3ccc4c(c3O)C(=O)c3ccc(-c5ccc(C(C)(C)C)cc5)c(O)c3C4=O)cc2C)CC1. The predicted molar refractivity (Wildman–Crippen MR) is 197 cm³/mol. The number of ketones is 2. The number of phenolic OH excluding ortho intramolecular Hbond substituents is 2. The fraction of sp³-hybridized carbons (Fsp3) is 0.409. The minimum absolute atomic E-state index is 0.0249. The third-order valence-corrected chi connectivity index (χ3v) is 10.8. The number of ether oxygens (including phenoxy) is 1. The average Bonchev–Trinajstić information content (AvgIpc) is 3.07. The number of fused-ring (bicyclic) bond motifs is 2. The summed E-state index contributed by atoms with van der Waals surface area (Å²) in [6, 6.07) is 18.3. The number of unbranched alkanes of at least 4 members (excludes halogenated alkanes) is 2. The molecule has 256 valence electrons. The van der Waals surface area contributed by atoms with Gasteiger partial charge in [0.2, 0.25) is 0 Å². The summed E-state index contributed by atoms with van der Waals surface area (Å²) in [7, 11) is 0. The molecule has 5 heteroatoms. The van der Waals surface area contributed by atoms with Crippen molar-refractivity contribution in [2.75, 3.05) is 6.61 Å². The average molecular weight is 659 g/mol. The van der Waals surface area contributed by atoms with E-state index < -0.39 is 11.6 Å². The second kappa shape index (κ2) is 13.9. The van der Waals surface area contributed by atoms with E-state index in [1.807, 2.05) is 50.2 Å². The van der Waals surface area contributed by atoms with E-state index in [4.69, 9.17) is 4.74 Å². The molecule has 0 atom stereocenters. The van der Waals surface area contributed by atoms with Crippen LogP contribution in [0.3, 0.4) is 0 Å². The Bertz CT molecular complexity index is 1860. The van der Waals surface area contributed by atoms with Crippen LogP contribution in [0.1, 0.15) is 128 Å². The van der Waals surface area contributed by atoms with Crippen LogP contribution in [0.2, 0.25) is 0 Å². The number of benzene rings is 4. The van der Waals surface area contributed by atoms with Crippen molar-refractivity contribution in [2.45, 2.75) is 98.3 Å². The maximum atomic E-state index is 13.9. The quantitative estimate of drug-likeness (QED) is 0.154. The van der Waals surface area contributed by atoms with Crippen LogP contribution in [0.15, 0.2) is 60.7 Å². The number of hydrogen-bond acceptors (Lipinski definition) is 5. The lowest BCUT2D eigenvalue weighted by Gasteiger charge is -2.29. The van der Waals surface area contributed by atoms with Gasteiger partial charge in [0, 0.05) is 22.3 Å². The zero-order chi connectivity index (χ0) is 35.0. The molecule has 49 heavy (non-hydrogen) atoms. The molecular formula is C44H50O5. The lowest BCUT2D eigenvalue weighted by atomic mass is 9.80. The van der Waals surface area contributed by atoms with E-state index in [2.05, 4.69) is 27.7 Å². The van der Waals surface area contributed by atoms with Crippen molar-refractivity contribution in [1.29, 1.82) is 0 Å². The minimum atomic E-state index is -0.484. The summed E-state index contributed by atoms with van der Waals surface area (Å²) in [5.41, 5.74) is 5.61. The highest BCUT2D eigenvalue weighted by Gasteiger charge is 2.36. The number of aromatic hydroxyl groups is 2. The molecule has 0 aliphatic heterocycles. The number of carbonyl (C=O) groups excluding carboxylic acids is 2. The Morgan fingerprint density at radius 3 is 1.67 bits per heavy atom. The molecule has 4 aromatic rings. The van der Waals surface area contributed by atoms with Gasteiger partial charge in [-0.05, 0) is 108 Å². The zero-order valence-electron chi connectivity index (χ0n) is 29.9. The number of rotatable bonds is 9. The standard InChI is InChI=1S/C44H50O5/c1-7-8-9-10-28-11-13-29(14-12-28)25-49-43-26(2)23-31(24-27(43)3)34-20-22-36-38(40(34)46)42(48)35-21-19-33(39(45)37(35)41(36)47)30-15-17-32(18-16-30)44(4,5)6/h15-24,28-29,45-46H,7-14,25H2,1-6H3. The highest BCUT2D eigenvalue weighted by atomic mass is 16.5. The lowest BCUT2D eigenvalue weighted by molar-refractivity contribution is 0.0974. The molecule has 6 rings (SSSR count). The predicted octanol–water partition coefficient (Wildman–Crippen LogP) is 10.9. The van der Waals surface area contributed by atoms with Gasteiger partial charge in [0.1, 0.15) is 17.2 Å². The van der Waals surface area contributed by atoms with Crippen molar-refractivity contribution in [1.82, 2.24) is 0 Å². The van der Waals surface area contributed by atoms with E-state index in [0.717, 1.165) is 39.5 Å². The van der Waals surface area contributed by atoms with Gasteiger partial charge in [-0.1, -0.05) is 90.5 Å². The van der Waals surface area contributed by atoms with Gasteiger partial charge in [-0.15, -0.1) is 0 Å². The van der Waals surface area contributed by atoms with E-state index in [1.165, 1.54) is 51.4 Å². The van der Waals surface area contributed by atoms with E-state index >= 15 is 0 Å². The van der Waals surface area contributed by atoms with Crippen LogP contribution in [0.4, 0.5) is 0 Å². The van der Waals surface area contributed by atoms with Gasteiger partial charge < -0.3 is 14.9 Å². The molecule has 0 heterocycles. The third-order valence-electron chi connectivity index (χ3n) is 10.8. The Hall–Kier alpha value is -4.38. The molecule has 2 aliphatic rings. The normalized spacial score (nSPS) is 17.5. The van der Waals surface area contributed by atoms with Crippen molar-refractivity contribution in [3.63, 3.8) is 0 Å². The van der Waals surface area contributed by atoms with Crippen LogP contribution < -0.4 is 4.74 Å². The highest BCUT2D eigenvalue weighted by molar-refractivity contribution is 6.31. The van der Waals surface area contributed by atoms with Crippen LogP contribution in [0, 0.1) is 25.7 Å². The number of carbonyl (C=O) groups is 2. The second-order valence-corrected chi connectivity index (χ2v) is 15.4. The van der Waals surface area contributed by atoms with Crippen LogP contribution in [0.25, 0.3) is 22.3 Å². The summed E-state index contributed by atoms with van der Waals surface area (Å²) in [5, 5.41) is 22.9. The first kappa shape index (κ1) is 34.5. The molecule has 0 aromatic heterocycles. The van der Waals surface area contributed by atoms with Crippen molar-refractivity contribution in [2.24, 2.45) is 11.8 Å². The number of phenols is 2. The maximum Gasteiger partial charge on any atom is 0.198 e. The fourth-order valence-electron chi connectivity index (χ4n) is 7.81. The van der Waals surface area contributed by atoms with E-state index in [-0.39, 0.29) is 39.2 Å². The van der Waals surface area contributed by atoms with Crippen molar-refractivity contribution < 1.29 is 24.5 Å². The Morgan fingerprint density at radius 2 is 1.16 bits per heavy atom. The van der Waals surface area contributed by atoms with Crippen LogP contribution >= 0.6 is 0 Å². The van der Waals surface area contributed by atoms with Crippen LogP contribution in [-0.2, 0) is 5.41 Å². The smallest absolute Gasteiger partial charge is 0.198 e. The summed E-state index contributed by atoms with van der Waals surface area (Å²) in [5.74, 6) is 0.879. The van der Waals surface area contributed by atoms with Gasteiger partial charge in [-0.25, -0.2) is 0 Å².